The monoisotopic (exact) mass is 925 g/mol. The lowest BCUT2D eigenvalue weighted by atomic mass is 9.92. The predicted molar refractivity (Wildman–Crippen MR) is 235 cm³/mol. The van der Waals surface area contributed by atoms with Crippen LogP contribution in [-0.4, -0.2) is 110 Å². The van der Waals surface area contributed by atoms with E-state index in [2.05, 4.69) is 13.8 Å². The Morgan fingerprint density at radius 2 is 0.921 bits per heavy atom. The first-order valence-corrected chi connectivity index (χ1v) is 24.8. The molecule has 0 radical (unpaired) electrons. The fourth-order valence-electron chi connectivity index (χ4n) is 6.73. The molecule has 0 amide bonds. The van der Waals surface area contributed by atoms with E-state index < -0.39 is 119 Å². The summed E-state index contributed by atoms with van der Waals surface area (Å²) in [5, 5.41) is 39.4. The van der Waals surface area contributed by atoms with Gasteiger partial charge < -0.3 is 46.3 Å². The molecule has 0 bridgehead atoms. The third kappa shape index (κ3) is 32.5. The van der Waals surface area contributed by atoms with E-state index in [0.717, 1.165) is 57.8 Å². The molecule has 368 valence electrons. The van der Waals surface area contributed by atoms with Crippen LogP contribution >= 0.6 is 7.82 Å². The van der Waals surface area contributed by atoms with Gasteiger partial charge in [-0.25, -0.2) is 4.57 Å². The first-order chi connectivity index (χ1) is 29.9. The number of nitrogens with two attached hydrogens (primary N) is 2. The molecule has 0 saturated carbocycles. The molecular formula is C44H81N2O16P. The van der Waals surface area contributed by atoms with Gasteiger partial charge in [-0.15, -0.1) is 0 Å². The number of aliphatic hydroxyl groups excluding tert-OH is 2. The van der Waals surface area contributed by atoms with Gasteiger partial charge in [0, 0.05) is 25.7 Å². The van der Waals surface area contributed by atoms with E-state index in [-0.39, 0.29) is 12.8 Å². The van der Waals surface area contributed by atoms with Crippen molar-refractivity contribution in [3.8, 4) is 0 Å². The van der Waals surface area contributed by atoms with Crippen LogP contribution in [0.4, 0.5) is 0 Å². The summed E-state index contributed by atoms with van der Waals surface area (Å²) in [4.78, 5) is 84.2. The third-order valence-corrected chi connectivity index (χ3v) is 11.6. The molecule has 7 atom stereocenters. The number of carboxylic acids is 2. The molecule has 3 unspecified atom stereocenters. The molecule has 0 aliphatic heterocycles. The summed E-state index contributed by atoms with van der Waals surface area (Å²) >= 11 is 0. The molecule has 0 spiro atoms. The minimum absolute atomic E-state index is 0.00497. The zero-order valence-corrected chi connectivity index (χ0v) is 38.9. The van der Waals surface area contributed by atoms with Gasteiger partial charge in [-0.3, -0.25) is 37.8 Å². The number of hydrogen-bond donors (Lipinski definition) is 7. The summed E-state index contributed by atoms with van der Waals surface area (Å²) < 4.78 is 34.1. The standard InChI is InChI=1S/C44H81N2O16P/c1-3-5-7-9-11-13-15-17-19-21-23-25-38(51)59-31-33(61-39(52)26-24-22-20-18-16-14-12-10-8-6-4-2)32-60-63(57,58)62-44(41(54)35(46)28-30-37(49)50)43(56)42(55)40(53)34(45)27-29-36(47)48/h33-35,42-44,55-56H,3-32,45-46H2,1-2H3,(H,47,48)(H,49,50)(H,57,58)/t33-,34?,35?,42-,43+,44-/m1/s1. The lowest BCUT2D eigenvalue weighted by Gasteiger charge is -2.29. The number of aliphatic carboxylic acids is 2. The second-order valence-corrected chi connectivity index (χ2v) is 17.9. The average molecular weight is 925 g/mol. The second kappa shape index (κ2) is 37.4. The highest BCUT2D eigenvalue weighted by Crippen LogP contribution is 2.46. The largest absolute Gasteiger partial charge is 0.481 e. The number of phosphoric ester groups is 1. The third-order valence-electron chi connectivity index (χ3n) is 10.6. The van der Waals surface area contributed by atoms with Gasteiger partial charge in [-0.2, -0.15) is 0 Å². The summed E-state index contributed by atoms with van der Waals surface area (Å²) in [5.74, 6) is -6.68. The molecule has 0 rings (SSSR count). The Labute approximate surface area is 374 Å². The average Bonchev–Trinajstić information content (AvgIpc) is 3.24. The van der Waals surface area contributed by atoms with Crippen LogP contribution in [0.15, 0.2) is 0 Å². The van der Waals surface area contributed by atoms with Crippen LogP contribution < -0.4 is 11.5 Å². The first kappa shape index (κ1) is 60.2. The Morgan fingerprint density at radius 3 is 1.33 bits per heavy atom. The zero-order valence-electron chi connectivity index (χ0n) is 38.0. The molecule has 0 heterocycles. The van der Waals surface area contributed by atoms with E-state index in [0.29, 0.717) is 12.8 Å². The molecule has 0 aliphatic rings. The summed E-state index contributed by atoms with van der Waals surface area (Å²) in [6.45, 7) is 2.90. The minimum Gasteiger partial charge on any atom is -0.481 e. The summed E-state index contributed by atoms with van der Waals surface area (Å²) in [7, 11) is -5.50. The van der Waals surface area contributed by atoms with Crippen molar-refractivity contribution >= 4 is 43.3 Å². The summed E-state index contributed by atoms with van der Waals surface area (Å²) in [6.07, 6.45) is 12.3. The number of Topliss-reactive ketones (excluding diaryl/α,β-unsaturated/α-hetero) is 2. The maximum absolute atomic E-state index is 13.3. The highest BCUT2D eigenvalue weighted by Gasteiger charge is 2.44. The lowest BCUT2D eigenvalue weighted by molar-refractivity contribution is -0.161. The molecule has 63 heavy (non-hydrogen) atoms. The van der Waals surface area contributed by atoms with Gasteiger partial charge in [0.2, 0.25) is 0 Å². The minimum atomic E-state index is -5.50. The van der Waals surface area contributed by atoms with Gasteiger partial charge in [0.1, 0.15) is 18.8 Å². The van der Waals surface area contributed by atoms with E-state index in [1.54, 1.807) is 0 Å². The molecule has 0 aromatic heterocycles. The molecule has 0 saturated heterocycles. The van der Waals surface area contributed by atoms with Gasteiger partial charge >= 0.3 is 31.7 Å². The molecule has 9 N–H and O–H groups in total. The number of carbonyl (C=O) groups excluding carboxylic acids is 4. The van der Waals surface area contributed by atoms with Crippen molar-refractivity contribution in [1.29, 1.82) is 0 Å². The number of carbonyl (C=O) groups is 6. The number of rotatable bonds is 44. The van der Waals surface area contributed by atoms with E-state index in [9.17, 15) is 48.4 Å². The quantitative estimate of drug-likeness (QED) is 0.0192. The van der Waals surface area contributed by atoms with Crippen LogP contribution in [0, 0.1) is 0 Å². The Kier molecular flexibility index (Phi) is 35.7. The predicted octanol–water partition coefficient (Wildman–Crippen LogP) is 6.59. The van der Waals surface area contributed by atoms with Crippen molar-refractivity contribution in [3.05, 3.63) is 0 Å². The molecule has 19 heteroatoms. The topological polar surface area (TPSA) is 310 Å². The maximum Gasteiger partial charge on any atom is 0.473 e. The van der Waals surface area contributed by atoms with E-state index >= 15 is 0 Å². The highest BCUT2D eigenvalue weighted by atomic mass is 31.2. The van der Waals surface area contributed by atoms with Crippen molar-refractivity contribution in [2.24, 2.45) is 11.5 Å². The molecule has 0 aromatic rings. The van der Waals surface area contributed by atoms with Crippen LogP contribution in [-0.2, 0) is 51.9 Å². The summed E-state index contributed by atoms with van der Waals surface area (Å²) in [6, 6.07) is -3.38. The molecule has 18 nitrogen and oxygen atoms in total. The SMILES string of the molecule is CCCCCCCCCCCCCC(=O)OC[C@H](COP(=O)(O)O[C@H](C(=O)C(N)CCC(=O)O)[C@@H](O)[C@H](O)C(=O)C(N)CCC(=O)O)OC(=O)CCCCCCCCCCCCC. The van der Waals surface area contributed by atoms with Crippen LogP contribution in [0.3, 0.4) is 0 Å². The molecule has 0 fully saturated rings. The van der Waals surface area contributed by atoms with Crippen LogP contribution in [0.5, 0.6) is 0 Å². The maximum atomic E-state index is 13.3. The van der Waals surface area contributed by atoms with Crippen molar-refractivity contribution in [2.75, 3.05) is 13.2 Å². The van der Waals surface area contributed by atoms with Crippen LogP contribution in [0.2, 0.25) is 0 Å². The smallest absolute Gasteiger partial charge is 0.473 e. The fraction of sp³-hybridized carbons (Fsp3) is 0.864. The number of hydrogen-bond acceptors (Lipinski definition) is 15. The van der Waals surface area contributed by atoms with Crippen molar-refractivity contribution < 1.29 is 77.2 Å². The number of phosphoric acid groups is 1. The van der Waals surface area contributed by atoms with Gasteiger partial charge in [0.05, 0.1) is 18.7 Å². The lowest BCUT2D eigenvalue weighted by Crippen LogP contribution is -2.54. The number of ether oxygens (including phenoxy) is 2. The van der Waals surface area contributed by atoms with Gasteiger partial charge in [-0.1, -0.05) is 142 Å². The first-order valence-electron chi connectivity index (χ1n) is 23.3. The molecule has 0 aliphatic carbocycles. The Balaban J connectivity index is 5.63. The normalized spacial score (nSPS) is 15.3. The van der Waals surface area contributed by atoms with E-state index in [1.807, 2.05) is 0 Å². The number of esters is 2. The van der Waals surface area contributed by atoms with Gasteiger partial charge in [-0.05, 0) is 25.7 Å². The molecule has 0 aromatic carbocycles. The number of unbranched alkanes of at least 4 members (excludes halogenated alkanes) is 20. The Bertz CT molecular complexity index is 1340. The highest BCUT2D eigenvalue weighted by molar-refractivity contribution is 7.47. The van der Waals surface area contributed by atoms with E-state index in [1.165, 1.54) is 70.6 Å². The van der Waals surface area contributed by atoms with Crippen molar-refractivity contribution in [1.82, 2.24) is 0 Å². The van der Waals surface area contributed by atoms with Crippen molar-refractivity contribution in [2.45, 2.75) is 230 Å². The number of carboxylic acid groups (broad SMARTS) is 2. The van der Waals surface area contributed by atoms with Gasteiger partial charge in [0.15, 0.2) is 23.8 Å². The summed E-state index contributed by atoms with van der Waals surface area (Å²) in [5.41, 5.74) is 11.5. The Morgan fingerprint density at radius 1 is 0.540 bits per heavy atom. The van der Waals surface area contributed by atoms with Crippen molar-refractivity contribution in [3.63, 3.8) is 0 Å². The number of ketones is 2. The number of aliphatic hydroxyl groups is 2. The van der Waals surface area contributed by atoms with Crippen LogP contribution in [0.1, 0.15) is 194 Å². The second-order valence-electron chi connectivity index (χ2n) is 16.5. The van der Waals surface area contributed by atoms with Crippen LogP contribution in [0.25, 0.3) is 0 Å². The Hall–Kier alpha value is -2.83. The zero-order chi connectivity index (χ0) is 47.5. The van der Waals surface area contributed by atoms with Gasteiger partial charge in [0.25, 0.3) is 0 Å². The molecular weight excluding hydrogens is 843 g/mol. The fourth-order valence-corrected chi connectivity index (χ4v) is 7.66. The van der Waals surface area contributed by atoms with E-state index in [4.69, 9.17) is 40.2 Å².